The van der Waals surface area contributed by atoms with Gasteiger partial charge in [0.1, 0.15) is 5.76 Å². The zero-order valence-corrected chi connectivity index (χ0v) is 16.0. The third kappa shape index (κ3) is 3.32. The monoisotopic (exact) mass is 382 g/mol. The molecule has 28 heavy (non-hydrogen) atoms. The molecule has 0 saturated heterocycles. The predicted octanol–water partition coefficient (Wildman–Crippen LogP) is 3.19. The molecule has 0 saturated carbocycles. The summed E-state index contributed by atoms with van der Waals surface area (Å²) in [5.41, 5.74) is -0.271. The summed E-state index contributed by atoms with van der Waals surface area (Å²) in [7, 11) is 4.44. The Morgan fingerprint density at radius 1 is 1.21 bits per heavy atom. The summed E-state index contributed by atoms with van der Waals surface area (Å²) in [4.78, 5) is 17.0. The second-order valence-corrected chi connectivity index (χ2v) is 6.12. The molecule has 7 heteroatoms. The minimum atomic E-state index is -1.20. The van der Waals surface area contributed by atoms with Crippen LogP contribution in [0.3, 0.4) is 0 Å². The summed E-state index contributed by atoms with van der Waals surface area (Å²) >= 11 is 0. The molecule has 1 heterocycles. The van der Waals surface area contributed by atoms with Gasteiger partial charge >= 0.3 is 0 Å². The summed E-state index contributed by atoms with van der Waals surface area (Å²) < 4.78 is 18.5. The van der Waals surface area contributed by atoms with Crippen LogP contribution in [0.15, 0.2) is 78.3 Å². The average Bonchev–Trinajstić information content (AvgIpc) is 3.27. The third-order valence-electron chi connectivity index (χ3n) is 4.65. The van der Waals surface area contributed by atoms with E-state index < -0.39 is 5.72 Å². The number of aromatic nitrogens is 2. The molecule has 1 unspecified atom stereocenters. The van der Waals surface area contributed by atoms with Crippen LogP contribution in [-0.2, 0) is 24.7 Å². The normalized spacial score (nSPS) is 21.9. The molecule has 0 bridgehead atoms. The number of aliphatic hydroxyl groups is 1. The van der Waals surface area contributed by atoms with Crippen LogP contribution >= 0.6 is 0 Å². The molecule has 0 amide bonds. The van der Waals surface area contributed by atoms with Crippen LogP contribution in [-0.4, -0.2) is 41.8 Å². The molecular weight excluding hydrogens is 360 g/mol. The molecule has 0 radical (unpaired) electrons. The fourth-order valence-electron chi connectivity index (χ4n) is 3.26. The van der Waals surface area contributed by atoms with Crippen LogP contribution in [0, 0.1) is 0 Å². The van der Waals surface area contributed by atoms with Gasteiger partial charge in [-0.2, -0.15) is 0 Å². The summed E-state index contributed by atoms with van der Waals surface area (Å²) in [5, 5.41) is 10.3. The van der Waals surface area contributed by atoms with Gasteiger partial charge in [-0.25, -0.2) is 4.98 Å². The third-order valence-corrected chi connectivity index (χ3v) is 4.65. The molecule has 1 atom stereocenters. The number of nitrogens with zero attached hydrogens (tertiary/aromatic N) is 2. The molecule has 2 aromatic rings. The van der Waals surface area contributed by atoms with Crippen molar-refractivity contribution in [3.63, 3.8) is 0 Å². The van der Waals surface area contributed by atoms with Gasteiger partial charge < -0.3 is 23.9 Å². The first kappa shape index (κ1) is 19.4. The SMILES string of the molecule is COC1=C(OC)C(OC)(n2ccnc2)CC(=O)C1=CC=C(O)c1ccccc1. The van der Waals surface area contributed by atoms with Gasteiger partial charge in [-0.3, -0.25) is 4.79 Å². The number of aliphatic hydroxyl groups excluding tert-OH is 1. The number of allylic oxidation sites excluding steroid dienone is 3. The Labute approximate surface area is 163 Å². The number of benzene rings is 1. The van der Waals surface area contributed by atoms with Crippen molar-refractivity contribution in [1.29, 1.82) is 0 Å². The number of Topliss-reactive ketones (excluding diaryl/α,β-unsaturated/α-hetero) is 1. The molecule has 0 aliphatic heterocycles. The summed E-state index contributed by atoms with van der Waals surface area (Å²) in [6, 6.07) is 9.04. The van der Waals surface area contributed by atoms with E-state index in [2.05, 4.69) is 4.98 Å². The first-order chi connectivity index (χ1) is 13.6. The van der Waals surface area contributed by atoms with E-state index in [1.165, 1.54) is 33.5 Å². The number of ketones is 1. The van der Waals surface area contributed by atoms with Crippen molar-refractivity contribution < 1.29 is 24.1 Å². The Kier molecular flexibility index (Phi) is 5.65. The molecule has 1 aliphatic rings. The molecule has 3 rings (SSSR count). The second-order valence-electron chi connectivity index (χ2n) is 6.12. The second kappa shape index (κ2) is 8.14. The van der Waals surface area contributed by atoms with Crippen molar-refractivity contribution in [3.05, 3.63) is 83.9 Å². The quantitative estimate of drug-likeness (QED) is 0.610. The van der Waals surface area contributed by atoms with Gasteiger partial charge in [0.15, 0.2) is 17.3 Å². The molecule has 0 fully saturated rings. The van der Waals surface area contributed by atoms with Crippen LogP contribution in [0.2, 0.25) is 0 Å². The lowest BCUT2D eigenvalue weighted by Crippen LogP contribution is -2.44. The minimum absolute atomic E-state index is 0.0122. The van der Waals surface area contributed by atoms with Crippen LogP contribution in [0.4, 0.5) is 0 Å². The van der Waals surface area contributed by atoms with E-state index in [-0.39, 0.29) is 29.3 Å². The number of hydrogen-bond donors (Lipinski definition) is 1. The van der Waals surface area contributed by atoms with E-state index in [4.69, 9.17) is 14.2 Å². The molecule has 1 aromatic carbocycles. The number of imidazole rings is 1. The van der Waals surface area contributed by atoms with E-state index in [0.29, 0.717) is 11.3 Å². The number of methoxy groups -OCH3 is 3. The van der Waals surface area contributed by atoms with Gasteiger partial charge in [0.25, 0.3) is 0 Å². The van der Waals surface area contributed by atoms with Crippen molar-refractivity contribution in [2.45, 2.75) is 12.1 Å². The van der Waals surface area contributed by atoms with Crippen LogP contribution in [0.5, 0.6) is 0 Å². The lowest BCUT2D eigenvalue weighted by atomic mass is 9.89. The maximum Gasteiger partial charge on any atom is 0.215 e. The molecule has 146 valence electrons. The van der Waals surface area contributed by atoms with Gasteiger partial charge in [-0.1, -0.05) is 30.3 Å². The maximum absolute atomic E-state index is 13.0. The van der Waals surface area contributed by atoms with E-state index in [0.717, 1.165) is 0 Å². The first-order valence-corrected chi connectivity index (χ1v) is 8.63. The number of carbonyl (C=O) groups is 1. The largest absolute Gasteiger partial charge is 0.507 e. The number of hydrogen-bond acceptors (Lipinski definition) is 6. The number of carbonyl (C=O) groups excluding carboxylic acids is 1. The zero-order chi connectivity index (χ0) is 20.1. The van der Waals surface area contributed by atoms with Gasteiger partial charge in [-0.15, -0.1) is 0 Å². The van der Waals surface area contributed by atoms with E-state index in [1.54, 1.807) is 35.4 Å². The fourth-order valence-corrected chi connectivity index (χ4v) is 3.26. The highest BCUT2D eigenvalue weighted by molar-refractivity contribution is 6.01. The van der Waals surface area contributed by atoms with Gasteiger partial charge in [-0.05, 0) is 12.2 Å². The smallest absolute Gasteiger partial charge is 0.215 e. The highest BCUT2D eigenvalue weighted by Gasteiger charge is 2.48. The lowest BCUT2D eigenvalue weighted by Gasteiger charge is -2.38. The van der Waals surface area contributed by atoms with E-state index >= 15 is 0 Å². The van der Waals surface area contributed by atoms with Crippen LogP contribution in [0.1, 0.15) is 12.0 Å². The highest BCUT2D eigenvalue weighted by atomic mass is 16.6. The Morgan fingerprint density at radius 2 is 1.96 bits per heavy atom. The molecule has 0 spiro atoms. The highest BCUT2D eigenvalue weighted by Crippen LogP contribution is 2.41. The average molecular weight is 382 g/mol. The molecule has 1 aromatic heterocycles. The summed E-state index contributed by atoms with van der Waals surface area (Å²) in [6.07, 6.45) is 7.82. The van der Waals surface area contributed by atoms with Crippen molar-refractivity contribution in [3.8, 4) is 0 Å². The van der Waals surface area contributed by atoms with E-state index in [1.807, 2.05) is 18.2 Å². The lowest BCUT2D eigenvalue weighted by molar-refractivity contribution is -0.135. The minimum Gasteiger partial charge on any atom is -0.507 e. The summed E-state index contributed by atoms with van der Waals surface area (Å²) in [6.45, 7) is 0. The van der Waals surface area contributed by atoms with E-state index in [9.17, 15) is 9.90 Å². The van der Waals surface area contributed by atoms with Gasteiger partial charge in [0.2, 0.25) is 5.72 Å². The van der Waals surface area contributed by atoms with Crippen LogP contribution < -0.4 is 0 Å². The van der Waals surface area contributed by atoms with Gasteiger partial charge in [0.05, 0.1) is 32.5 Å². The predicted molar refractivity (Wildman–Crippen MR) is 103 cm³/mol. The molecule has 7 nitrogen and oxygen atoms in total. The van der Waals surface area contributed by atoms with Crippen molar-refractivity contribution in [2.75, 3.05) is 21.3 Å². The first-order valence-electron chi connectivity index (χ1n) is 8.63. The fraction of sp³-hybridized carbons (Fsp3) is 0.238. The Hall–Kier alpha value is -3.32. The van der Waals surface area contributed by atoms with Gasteiger partial charge in [0, 0.05) is 25.1 Å². The summed E-state index contributed by atoms with van der Waals surface area (Å²) in [5.74, 6) is 0.402. The van der Waals surface area contributed by atoms with Crippen molar-refractivity contribution >= 4 is 11.5 Å². The van der Waals surface area contributed by atoms with Crippen molar-refractivity contribution in [2.24, 2.45) is 0 Å². The van der Waals surface area contributed by atoms with Crippen molar-refractivity contribution in [1.82, 2.24) is 9.55 Å². The maximum atomic E-state index is 13.0. The van der Waals surface area contributed by atoms with Crippen LogP contribution in [0.25, 0.3) is 5.76 Å². The standard InChI is InChI=1S/C21H22N2O5/c1-26-19-16(9-10-17(24)15-7-5-4-6-8-15)18(25)13-21(28-3,20(19)27-2)23-12-11-22-14-23/h4-12,14,24H,13H2,1-3H3. The molecule has 1 N–H and O–H groups in total. The Bertz CT molecular complexity index is 929. The Balaban J connectivity index is 2.11. The number of ether oxygens (including phenoxy) is 3. The number of rotatable bonds is 6. The molecule has 1 aliphatic carbocycles. The topological polar surface area (TPSA) is 82.8 Å². The molecular formula is C21H22N2O5. The zero-order valence-electron chi connectivity index (χ0n) is 16.0. The Morgan fingerprint density at radius 3 is 2.54 bits per heavy atom.